The minimum absolute atomic E-state index is 0. The quantitative estimate of drug-likeness (QED) is 0.638. The van der Waals surface area contributed by atoms with Crippen LogP contribution in [0.3, 0.4) is 0 Å². The Balaban J connectivity index is 0.000000325. The largest absolute Gasteiger partial charge is 2.00 e. The van der Waals surface area contributed by atoms with Gasteiger partial charge in [0.25, 0.3) is 0 Å². The van der Waals surface area contributed by atoms with E-state index in [0.29, 0.717) is 5.56 Å². The number of rotatable bonds is 2. The van der Waals surface area contributed by atoms with Crippen LogP contribution in [-0.2, 0) is 21.9 Å². The summed E-state index contributed by atoms with van der Waals surface area (Å²) >= 11 is 0. The van der Waals surface area contributed by atoms with E-state index < -0.39 is 11.6 Å². The fourth-order valence-electron chi connectivity index (χ4n) is 2.64. The molecule has 3 aliphatic carbocycles. The summed E-state index contributed by atoms with van der Waals surface area (Å²) in [6.07, 6.45) is 17.7. The van der Waals surface area contributed by atoms with Gasteiger partial charge in [0.15, 0.2) is 0 Å². The monoisotopic (exact) mass is 372 g/mol. The molecule has 4 rings (SSSR count). The predicted octanol–water partition coefficient (Wildman–Crippen LogP) is 3.54. The molecule has 0 bridgehead atoms. The van der Waals surface area contributed by atoms with Crippen LogP contribution in [-0.4, -0.2) is 16.7 Å². The Labute approximate surface area is 160 Å². The summed E-state index contributed by atoms with van der Waals surface area (Å²) in [4.78, 5) is 24.1. The first-order valence-electron chi connectivity index (χ1n) is 7.66. The minimum atomic E-state index is -0.614. The molecule has 25 heavy (non-hydrogen) atoms. The summed E-state index contributed by atoms with van der Waals surface area (Å²) < 4.78 is 0. The molecular formula is C21H16FeO3+2. The Morgan fingerprint density at radius 3 is 1.80 bits per heavy atom. The van der Waals surface area contributed by atoms with Crippen molar-refractivity contribution in [3.05, 3.63) is 105 Å². The van der Waals surface area contributed by atoms with E-state index in [0.717, 1.165) is 5.92 Å². The maximum Gasteiger partial charge on any atom is 2.00 e. The molecule has 10 radical (unpaired) electrons. The molecule has 124 valence electrons. The fraction of sp³-hybridized carbons (Fsp3) is 0.0476. The number of ketones is 2. The van der Waals surface area contributed by atoms with Gasteiger partial charge in [-0.2, -0.15) is 0 Å². The number of carbonyl (C=O) groups is 2. The topological polar surface area (TPSA) is 54.4 Å². The molecule has 3 nitrogen and oxygen atoms in total. The number of aliphatic hydroxyl groups excluding tert-OH is 1. The summed E-state index contributed by atoms with van der Waals surface area (Å²) in [6, 6.07) is 6.63. The van der Waals surface area contributed by atoms with Crippen molar-refractivity contribution in [3.63, 3.8) is 0 Å². The molecule has 0 saturated heterocycles. The van der Waals surface area contributed by atoms with E-state index in [2.05, 4.69) is 0 Å². The van der Waals surface area contributed by atoms with Crippen LogP contribution in [0.25, 0.3) is 5.76 Å². The Morgan fingerprint density at radius 2 is 1.24 bits per heavy atom. The molecule has 4 heteroatoms. The number of benzene rings is 1. The van der Waals surface area contributed by atoms with Crippen LogP contribution >= 0.6 is 0 Å². The summed E-state index contributed by atoms with van der Waals surface area (Å²) in [5.74, 6) is -0.337. The third-order valence-electron chi connectivity index (χ3n) is 3.86. The molecule has 0 heterocycles. The standard InChI is InChI=1S/C16H11O3.C5H5.Fe/c17-14-11-7-3-4-8-12(11)15(18)16(19)13(14)9-10-5-1-2-6-10;1-2-4-5-3-1;/h1-8,17H,9H2;1-5H;/q;;+2. The van der Waals surface area contributed by atoms with Crippen molar-refractivity contribution >= 4 is 17.3 Å². The van der Waals surface area contributed by atoms with E-state index >= 15 is 0 Å². The Bertz CT molecular complexity index is 645. The molecule has 0 aliphatic heterocycles. The Morgan fingerprint density at radius 1 is 0.720 bits per heavy atom. The zero-order valence-corrected chi connectivity index (χ0v) is 14.4. The third-order valence-corrected chi connectivity index (χ3v) is 3.86. The summed E-state index contributed by atoms with van der Waals surface area (Å²) in [6.45, 7) is 0. The molecule has 0 unspecified atom stereocenters. The predicted molar refractivity (Wildman–Crippen MR) is 91.9 cm³/mol. The van der Waals surface area contributed by atoms with Gasteiger partial charge in [0.05, 0.1) is 0 Å². The van der Waals surface area contributed by atoms with Crippen molar-refractivity contribution in [2.75, 3.05) is 0 Å². The van der Waals surface area contributed by atoms with Gasteiger partial charge in [-0.15, -0.1) is 0 Å². The zero-order chi connectivity index (χ0) is 16.9. The van der Waals surface area contributed by atoms with Gasteiger partial charge in [-0.1, -0.05) is 24.3 Å². The molecule has 1 N–H and O–H groups in total. The van der Waals surface area contributed by atoms with Crippen molar-refractivity contribution in [2.24, 2.45) is 0 Å². The van der Waals surface area contributed by atoms with Crippen LogP contribution in [0.1, 0.15) is 22.3 Å². The zero-order valence-electron chi connectivity index (χ0n) is 13.3. The summed E-state index contributed by atoms with van der Waals surface area (Å²) in [7, 11) is 0. The fourth-order valence-corrected chi connectivity index (χ4v) is 2.64. The SMILES string of the molecule is O=C1C(=O)c2ccccc2C(O)=C1C[C]1[CH][CH][CH][CH]1.[CH]1[CH][CH][CH][CH]1.[Fe+2]. The van der Waals surface area contributed by atoms with Gasteiger partial charge in [0, 0.05) is 16.7 Å². The molecule has 0 spiro atoms. The molecule has 0 aromatic heterocycles. The molecule has 2 fully saturated rings. The number of aliphatic hydroxyl groups is 1. The molecule has 1 aromatic rings. The van der Waals surface area contributed by atoms with Gasteiger partial charge < -0.3 is 5.11 Å². The van der Waals surface area contributed by atoms with Crippen molar-refractivity contribution in [1.29, 1.82) is 0 Å². The summed E-state index contributed by atoms with van der Waals surface area (Å²) in [5, 5.41) is 10.2. The van der Waals surface area contributed by atoms with E-state index in [-0.39, 0.29) is 40.4 Å². The first-order valence-corrected chi connectivity index (χ1v) is 7.66. The first-order chi connectivity index (χ1) is 11.7. The Hall–Kier alpha value is -1.38. The average molecular weight is 372 g/mol. The van der Waals surface area contributed by atoms with Gasteiger partial charge in [-0.25, -0.2) is 0 Å². The molecule has 3 aliphatic rings. The second-order valence-electron chi connectivity index (χ2n) is 5.46. The van der Waals surface area contributed by atoms with E-state index in [4.69, 9.17) is 0 Å². The van der Waals surface area contributed by atoms with Crippen LogP contribution < -0.4 is 0 Å². The molecule has 1 aromatic carbocycles. The number of Topliss-reactive ketones (excluding diaryl/α,β-unsaturated/α-hetero) is 2. The van der Waals surface area contributed by atoms with Gasteiger partial charge >= 0.3 is 17.1 Å². The molecule has 0 atom stereocenters. The van der Waals surface area contributed by atoms with Crippen molar-refractivity contribution < 1.29 is 31.8 Å². The smallest absolute Gasteiger partial charge is 0.507 e. The summed E-state index contributed by atoms with van der Waals surface area (Å²) in [5.41, 5.74) is 0.889. The van der Waals surface area contributed by atoms with E-state index in [9.17, 15) is 14.7 Å². The number of allylic oxidation sites excluding steroid dienone is 1. The van der Waals surface area contributed by atoms with Crippen LogP contribution in [0.2, 0.25) is 0 Å². The van der Waals surface area contributed by atoms with Crippen molar-refractivity contribution in [2.45, 2.75) is 6.42 Å². The van der Waals surface area contributed by atoms with Gasteiger partial charge in [0.1, 0.15) is 5.76 Å². The van der Waals surface area contributed by atoms with Crippen LogP contribution in [0.15, 0.2) is 29.8 Å². The number of hydrogen-bond acceptors (Lipinski definition) is 3. The minimum Gasteiger partial charge on any atom is -0.507 e. The normalized spacial score (nSPS) is 20.0. The van der Waals surface area contributed by atoms with E-state index in [1.807, 2.05) is 57.8 Å². The maximum absolute atomic E-state index is 12.1. The van der Waals surface area contributed by atoms with E-state index in [1.165, 1.54) is 0 Å². The van der Waals surface area contributed by atoms with E-state index in [1.54, 1.807) is 24.3 Å². The van der Waals surface area contributed by atoms with Crippen LogP contribution in [0, 0.1) is 63.7 Å². The number of fused-ring (bicyclic) bond motifs is 1. The second kappa shape index (κ2) is 9.35. The van der Waals surface area contributed by atoms with Gasteiger partial charge in [-0.05, 0) is 70.1 Å². The molecule has 0 amide bonds. The second-order valence-corrected chi connectivity index (χ2v) is 5.46. The Kier molecular flexibility index (Phi) is 7.46. The van der Waals surface area contributed by atoms with Gasteiger partial charge in [-0.3, -0.25) is 9.59 Å². The number of carbonyl (C=O) groups excluding carboxylic acids is 2. The van der Waals surface area contributed by atoms with Crippen molar-refractivity contribution in [1.82, 2.24) is 0 Å². The maximum atomic E-state index is 12.1. The molecule has 2 saturated carbocycles. The average Bonchev–Trinajstić information content (AvgIpc) is 3.33. The van der Waals surface area contributed by atoms with Crippen molar-refractivity contribution in [3.8, 4) is 0 Å². The van der Waals surface area contributed by atoms with Gasteiger partial charge in [0.2, 0.25) is 11.6 Å². The third kappa shape index (κ3) is 4.62. The van der Waals surface area contributed by atoms with Crippen LogP contribution in [0.4, 0.5) is 0 Å². The number of hydrogen-bond donors (Lipinski definition) is 1. The first kappa shape index (κ1) is 19.9. The van der Waals surface area contributed by atoms with Crippen LogP contribution in [0.5, 0.6) is 0 Å². The molecular weight excluding hydrogens is 356 g/mol.